The highest BCUT2D eigenvalue weighted by Gasteiger charge is 2.33. The van der Waals surface area contributed by atoms with Gasteiger partial charge in [-0.1, -0.05) is 40.8 Å². The van der Waals surface area contributed by atoms with E-state index in [9.17, 15) is 9.90 Å². The van der Waals surface area contributed by atoms with Gasteiger partial charge in [-0.3, -0.25) is 15.1 Å². The second kappa shape index (κ2) is 10.4. The predicted octanol–water partition coefficient (Wildman–Crippen LogP) is 4.84. The number of carbonyl (C=O) groups excluding carboxylic acids is 1. The predicted molar refractivity (Wildman–Crippen MR) is 141 cm³/mol. The molecule has 0 radical (unpaired) electrons. The van der Waals surface area contributed by atoms with Crippen LogP contribution in [0.15, 0.2) is 47.1 Å². The summed E-state index contributed by atoms with van der Waals surface area (Å²) >= 11 is 8.73. The molecule has 9 nitrogen and oxygen atoms in total. The summed E-state index contributed by atoms with van der Waals surface area (Å²) in [4.78, 5) is 21.6. The Morgan fingerprint density at radius 2 is 2.08 bits per heavy atom. The molecule has 186 valence electrons. The third-order valence-corrected chi connectivity index (χ3v) is 8.26. The number of halogens is 1. The lowest BCUT2D eigenvalue weighted by Gasteiger charge is -2.13. The minimum atomic E-state index is -0.682. The van der Waals surface area contributed by atoms with Gasteiger partial charge in [-0.25, -0.2) is 4.98 Å². The Hall–Kier alpha value is -3.56. The van der Waals surface area contributed by atoms with Crippen LogP contribution in [0.4, 0.5) is 5.13 Å². The SMILES string of the molecule is COc1cnc(Cl)cc1-c1cc(C)ncc1C(=O)Nc1nnc(S[C@@H]2Cc3cc(C#N)ccc3[C@@H]2O)s1. The first-order valence-corrected chi connectivity index (χ1v) is 13.1. The minimum Gasteiger partial charge on any atom is -0.494 e. The molecule has 5 rings (SSSR count). The Labute approximate surface area is 225 Å². The number of thioether (sulfide) groups is 1. The Morgan fingerprint density at radius 3 is 2.86 bits per heavy atom. The molecule has 0 unspecified atom stereocenters. The highest BCUT2D eigenvalue weighted by Crippen LogP contribution is 2.43. The average molecular weight is 551 g/mol. The number of carbonyl (C=O) groups is 1. The van der Waals surface area contributed by atoms with Gasteiger partial charge in [0, 0.05) is 28.3 Å². The largest absolute Gasteiger partial charge is 0.494 e. The van der Waals surface area contributed by atoms with E-state index in [1.807, 2.05) is 13.0 Å². The first-order chi connectivity index (χ1) is 17.9. The molecular formula is C25H19ClN6O3S2. The summed E-state index contributed by atoms with van der Waals surface area (Å²) in [6.45, 7) is 1.82. The van der Waals surface area contributed by atoms with Crippen LogP contribution in [0.1, 0.15) is 38.8 Å². The van der Waals surface area contributed by atoms with Gasteiger partial charge in [0.25, 0.3) is 5.91 Å². The van der Waals surface area contributed by atoms with Crippen LogP contribution in [0.2, 0.25) is 5.15 Å². The number of aliphatic hydroxyl groups is 1. The molecule has 0 aliphatic heterocycles. The molecule has 3 aromatic heterocycles. The number of nitriles is 1. The van der Waals surface area contributed by atoms with E-state index >= 15 is 0 Å². The summed E-state index contributed by atoms with van der Waals surface area (Å²) in [5.41, 5.74) is 4.57. The third-order valence-electron chi connectivity index (χ3n) is 5.87. The molecule has 12 heteroatoms. The number of pyridine rings is 2. The number of anilines is 1. The molecule has 3 heterocycles. The molecule has 4 aromatic rings. The number of ether oxygens (including phenoxy) is 1. The Kier molecular flexibility index (Phi) is 7.08. The van der Waals surface area contributed by atoms with Gasteiger partial charge in [0.05, 0.1) is 36.6 Å². The number of rotatable bonds is 6. The number of aromatic nitrogens is 4. The van der Waals surface area contributed by atoms with Crippen molar-refractivity contribution in [2.75, 3.05) is 12.4 Å². The van der Waals surface area contributed by atoms with Crippen molar-refractivity contribution >= 4 is 45.7 Å². The van der Waals surface area contributed by atoms with Crippen molar-refractivity contribution in [3.05, 3.63) is 75.8 Å². The molecule has 0 bridgehead atoms. The van der Waals surface area contributed by atoms with Gasteiger partial charge in [-0.15, -0.1) is 10.2 Å². The summed E-state index contributed by atoms with van der Waals surface area (Å²) in [6, 6.07) is 10.9. The van der Waals surface area contributed by atoms with Gasteiger partial charge in [-0.2, -0.15) is 5.26 Å². The van der Waals surface area contributed by atoms with E-state index in [0.717, 1.165) is 11.1 Å². The lowest BCUT2D eigenvalue weighted by atomic mass is 10.0. The average Bonchev–Trinajstić information content (AvgIpc) is 3.46. The summed E-state index contributed by atoms with van der Waals surface area (Å²) in [6.07, 6.45) is 2.91. The van der Waals surface area contributed by atoms with Crippen LogP contribution in [0.25, 0.3) is 11.1 Å². The quantitative estimate of drug-likeness (QED) is 0.255. The Morgan fingerprint density at radius 1 is 1.24 bits per heavy atom. The zero-order valence-corrected chi connectivity index (χ0v) is 22.0. The van der Waals surface area contributed by atoms with E-state index in [4.69, 9.17) is 21.6 Å². The second-order valence-corrected chi connectivity index (χ2v) is 11.1. The molecule has 1 amide bonds. The minimum absolute atomic E-state index is 0.169. The lowest BCUT2D eigenvalue weighted by Crippen LogP contribution is -2.14. The van der Waals surface area contributed by atoms with Gasteiger partial charge in [0.2, 0.25) is 5.13 Å². The molecule has 2 N–H and O–H groups in total. The van der Waals surface area contributed by atoms with Crippen molar-refractivity contribution in [3.8, 4) is 22.9 Å². The summed E-state index contributed by atoms with van der Waals surface area (Å²) < 4.78 is 6.04. The van der Waals surface area contributed by atoms with E-state index in [1.165, 1.54) is 42.6 Å². The van der Waals surface area contributed by atoms with Crippen LogP contribution in [0, 0.1) is 18.3 Å². The number of aryl methyl sites for hydroxylation is 1. The molecule has 37 heavy (non-hydrogen) atoms. The van der Waals surface area contributed by atoms with Gasteiger partial charge in [0.1, 0.15) is 10.9 Å². The Balaban J connectivity index is 1.34. The van der Waals surface area contributed by atoms with E-state index in [2.05, 4.69) is 31.6 Å². The molecule has 1 aromatic carbocycles. The van der Waals surface area contributed by atoms with Crippen molar-refractivity contribution in [1.29, 1.82) is 5.26 Å². The fourth-order valence-corrected chi connectivity index (χ4v) is 6.45. The van der Waals surface area contributed by atoms with Crippen molar-refractivity contribution in [3.63, 3.8) is 0 Å². The van der Waals surface area contributed by atoms with E-state index in [-0.39, 0.29) is 10.4 Å². The van der Waals surface area contributed by atoms with Crippen LogP contribution >= 0.6 is 34.7 Å². The van der Waals surface area contributed by atoms with Crippen molar-refractivity contribution < 1.29 is 14.6 Å². The maximum atomic E-state index is 13.2. The molecule has 2 atom stereocenters. The number of aliphatic hydroxyl groups excluding tert-OH is 1. The first-order valence-electron chi connectivity index (χ1n) is 11.1. The molecule has 0 spiro atoms. The molecule has 0 fully saturated rings. The van der Waals surface area contributed by atoms with Crippen LogP contribution in [-0.4, -0.2) is 43.5 Å². The van der Waals surface area contributed by atoms with Crippen LogP contribution in [0.3, 0.4) is 0 Å². The van der Waals surface area contributed by atoms with Crippen LogP contribution < -0.4 is 10.1 Å². The van der Waals surface area contributed by atoms with E-state index in [0.29, 0.717) is 49.6 Å². The number of amides is 1. The van der Waals surface area contributed by atoms with Gasteiger partial charge < -0.3 is 9.84 Å². The first kappa shape index (κ1) is 25.1. The number of nitrogens with zero attached hydrogens (tertiary/aromatic N) is 5. The zero-order chi connectivity index (χ0) is 26.1. The number of hydrogen-bond acceptors (Lipinski definition) is 10. The fourth-order valence-electron chi connectivity index (χ4n) is 4.13. The van der Waals surface area contributed by atoms with Gasteiger partial charge in [0.15, 0.2) is 4.34 Å². The molecule has 0 saturated carbocycles. The molecule has 0 saturated heterocycles. The number of fused-ring (bicyclic) bond motifs is 1. The summed E-state index contributed by atoms with van der Waals surface area (Å²) in [5, 5.41) is 31.4. The highest BCUT2D eigenvalue weighted by molar-refractivity contribution is 8.01. The van der Waals surface area contributed by atoms with E-state index in [1.54, 1.807) is 24.3 Å². The van der Waals surface area contributed by atoms with Crippen molar-refractivity contribution in [2.45, 2.75) is 29.0 Å². The van der Waals surface area contributed by atoms with Gasteiger partial charge in [-0.05, 0) is 48.7 Å². The van der Waals surface area contributed by atoms with Gasteiger partial charge >= 0.3 is 0 Å². The number of nitrogens with one attached hydrogen (secondary N) is 1. The Bertz CT molecular complexity index is 1550. The summed E-state index contributed by atoms with van der Waals surface area (Å²) in [7, 11) is 1.52. The fraction of sp³-hybridized carbons (Fsp3) is 0.200. The third kappa shape index (κ3) is 5.14. The summed E-state index contributed by atoms with van der Waals surface area (Å²) in [5.74, 6) is 0.0548. The lowest BCUT2D eigenvalue weighted by molar-refractivity contribution is 0.102. The van der Waals surface area contributed by atoms with E-state index < -0.39 is 12.0 Å². The second-order valence-electron chi connectivity index (χ2n) is 8.24. The maximum Gasteiger partial charge on any atom is 0.259 e. The maximum absolute atomic E-state index is 13.2. The monoisotopic (exact) mass is 550 g/mol. The number of benzene rings is 1. The van der Waals surface area contributed by atoms with Crippen molar-refractivity contribution in [1.82, 2.24) is 20.2 Å². The molecule has 1 aliphatic carbocycles. The topological polar surface area (TPSA) is 134 Å². The van der Waals surface area contributed by atoms with Crippen LogP contribution in [0.5, 0.6) is 5.75 Å². The van der Waals surface area contributed by atoms with Crippen molar-refractivity contribution in [2.24, 2.45) is 0 Å². The standard InChI is InChI=1S/C25H19ClN6O3S2/c1-12-5-16(17-8-21(26)29-11-19(17)35-2)18(10-28-12)23(34)30-24-31-32-25(37-24)36-20-7-14-6-13(9-27)3-4-15(14)22(20)33/h3-6,8,10-11,20,22,33H,7H2,1-2H3,(H,30,31,34)/t20-,22+/m1/s1. The molecular weight excluding hydrogens is 532 g/mol. The van der Waals surface area contributed by atoms with Crippen LogP contribution in [-0.2, 0) is 6.42 Å². The molecule has 1 aliphatic rings. The normalized spacial score (nSPS) is 16.2. The highest BCUT2D eigenvalue weighted by atomic mass is 35.5. The smallest absolute Gasteiger partial charge is 0.259 e. The number of hydrogen-bond donors (Lipinski definition) is 2. The number of methoxy groups -OCH3 is 1. The zero-order valence-electron chi connectivity index (χ0n) is 19.6.